The average Bonchev–Trinajstić information content (AvgIpc) is 3.16. The monoisotopic (exact) mass is 423 g/mol. The number of fused-ring (bicyclic) bond motifs is 1. The molecule has 1 amide bonds. The van der Waals surface area contributed by atoms with Crippen molar-refractivity contribution in [3.63, 3.8) is 0 Å². The van der Waals surface area contributed by atoms with Crippen LogP contribution in [-0.4, -0.2) is 58.9 Å². The predicted molar refractivity (Wildman–Crippen MR) is 123 cm³/mol. The maximum Gasteiger partial charge on any atom is 0.219 e. The highest BCUT2D eigenvalue weighted by molar-refractivity contribution is 7.10. The third-order valence-corrected chi connectivity index (χ3v) is 6.92. The van der Waals surface area contributed by atoms with E-state index in [-0.39, 0.29) is 5.91 Å². The number of hydrogen-bond acceptors (Lipinski definition) is 6. The number of carbonyl (C=O) groups is 1. The van der Waals surface area contributed by atoms with Crippen molar-refractivity contribution in [2.75, 3.05) is 38.1 Å². The SMILES string of the molecule is CC(=O)N1CCCN(c2nc(CN(C)C(C)c3cccs3)nc3ccccc23)CC1. The number of aromatic nitrogens is 2. The molecular weight excluding hydrogens is 394 g/mol. The predicted octanol–water partition coefficient (Wildman–Crippen LogP) is 3.94. The molecule has 0 aliphatic carbocycles. The topological polar surface area (TPSA) is 52.6 Å². The van der Waals surface area contributed by atoms with E-state index in [4.69, 9.17) is 9.97 Å². The second-order valence-corrected chi connectivity index (χ2v) is 8.91. The summed E-state index contributed by atoms with van der Waals surface area (Å²) in [5.41, 5.74) is 0.974. The van der Waals surface area contributed by atoms with Crippen molar-refractivity contribution in [1.29, 1.82) is 0 Å². The van der Waals surface area contributed by atoms with Crippen molar-refractivity contribution in [2.24, 2.45) is 0 Å². The zero-order chi connectivity index (χ0) is 21.1. The summed E-state index contributed by atoms with van der Waals surface area (Å²) in [4.78, 5) is 29.6. The van der Waals surface area contributed by atoms with Crippen LogP contribution in [0.25, 0.3) is 10.9 Å². The standard InChI is InChI=1S/C23H29N5OS/c1-17(21-10-6-15-30-21)26(3)16-22-24-20-9-5-4-8-19(20)23(25-22)28-12-7-11-27(13-14-28)18(2)29/h4-6,8-10,15,17H,7,11-14,16H2,1-3H3. The Morgan fingerprint density at radius 3 is 2.73 bits per heavy atom. The lowest BCUT2D eigenvalue weighted by Gasteiger charge is -2.26. The summed E-state index contributed by atoms with van der Waals surface area (Å²) < 4.78 is 0. The van der Waals surface area contributed by atoms with Crippen LogP contribution < -0.4 is 4.90 Å². The molecule has 158 valence electrons. The normalized spacial score (nSPS) is 16.1. The Morgan fingerprint density at radius 1 is 1.13 bits per heavy atom. The number of thiophene rings is 1. The summed E-state index contributed by atoms with van der Waals surface area (Å²) in [6.07, 6.45) is 0.947. The first-order valence-electron chi connectivity index (χ1n) is 10.5. The van der Waals surface area contributed by atoms with E-state index < -0.39 is 0 Å². The van der Waals surface area contributed by atoms with Crippen molar-refractivity contribution in [3.8, 4) is 0 Å². The number of hydrogen-bond donors (Lipinski definition) is 0. The van der Waals surface area contributed by atoms with E-state index in [1.54, 1.807) is 18.3 Å². The van der Waals surface area contributed by atoms with Crippen molar-refractivity contribution >= 4 is 34.0 Å². The number of anilines is 1. The average molecular weight is 424 g/mol. The lowest BCUT2D eigenvalue weighted by molar-refractivity contribution is -0.128. The molecule has 0 N–H and O–H groups in total. The van der Waals surface area contributed by atoms with Gasteiger partial charge in [-0.3, -0.25) is 9.69 Å². The summed E-state index contributed by atoms with van der Waals surface area (Å²) in [6, 6.07) is 12.8. The molecule has 1 aliphatic heterocycles. The fourth-order valence-electron chi connectivity index (χ4n) is 3.97. The maximum absolute atomic E-state index is 11.8. The van der Waals surface area contributed by atoms with Gasteiger partial charge in [0.15, 0.2) is 0 Å². The Morgan fingerprint density at radius 2 is 1.97 bits per heavy atom. The Labute approximate surface area is 182 Å². The minimum absolute atomic E-state index is 0.147. The van der Waals surface area contributed by atoms with Crippen LogP contribution in [0.4, 0.5) is 5.82 Å². The number of para-hydroxylation sites is 1. The van der Waals surface area contributed by atoms with Gasteiger partial charge in [-0.1, -0.05) is 18.2 Å². The molecule has 0 spiro atoms. The zero-order valence-corrected chi connectivity index (χ0v) is 18.7. The van der Waals surface area contributed by atoms with Crippen LogP contribution >= 0.6 is 11.3 Å². The fourth-order valence-corrected chi connectivity index (χ4v) is 4.82. The van der Waals surface area contributed by atoms with Crippen LogP contribution in [0.5, 0.6) is 0 Å². The number of benzene rings is 1. The molecule has 3 aromatic rings. The summed E-state index contributed by atoms with van der Waals surface area (Å²) in [6.45, 7) is 7.79. The molecule has 1 saturated heterocycles. The molecule has 3 heterocycles. The highest BCUT2D eigenvalue weighted by Gasteiger charge is 2.21. The molecule has 4 rings (SSSR count). The van der Waals surface area contributed by atoms with Gasteiger partial charge < -0.3 is 9.80 Å². The lowest BCUT2D eigenvalue weighted by Crippen LogP contribution is -2.34. The quantitative estimate of drug-likeness (QED) is 0.622. The highest BCUT2D eigenvalue weighted by Crippen LogP contribution is 2.27. The third-order valence-electron chi connectivity index (χ3n) is 5.88. The van der Waals surface area contributed by atoms with E-state index >= 15 is 0 Å². The van der Waals surface area contributed by atoms with Gasteiger partial charge in [0.25, 0.3) is 0 Å². The van der Waals surface area contributed by atoms with Gasteiger partial charge in [0.05, 0.1) is 12.1 Å². The van der Waals surface area contributed by atoms with Gasteiger partial charge in [-0.05, 0) is 44.0 Å². The summed E-state index contributed by atoms with van der Waals surface area (Å²) in [5, 5.41) is 3.19. The molecule has 30 heavy (non-hydrogen) atoms. The smallest absolute Gasteiger partial charge is 0.219 e. The van der Waals surface area contributed by atoms with Gasteiger partial charge in [0.2, 0.25) is 5.91 Å². The molecule has 1 aliphatic rings. The number of nitrogens with zero attached hydrogens (tertiary/aromatic N) is 5. The van der Waals surface area contributed by atoms with E-state index in [0.29, 0.717) is 12.6 Å². The van der Waals surface area contributed by atoms with E-state index in [1.807, 2.05) is 17.0 Å². The van der Waals surface area contributed by atoms with Crippen LogP contribution in [0.1, 0.15) is 37.0 Å². The molecule has 1 unspecified atom stereocenters. The van der Waals surface area contributed by atoms with Crippen molar-refractivity contribution in [1.82, 2.24) is 19.8 Å². The van der Waals surface area contributed by atoms with Crippen molar-refractivity contribution < 1.29 is 4.79 Å². The largest absolute Gasteiger partial charge is 0.354 e. The lowest BCUT2D eigenvalue weighted by atomic mass is 10.2. The highest BCUT2D eigenvalue weighted by atomic mass is 32.1. The van der Waals surface area contributed by atoms with Crippen molar-refractivity contribution in [2.45, 2.75) is 32.9 Å². The molecule has 0 saturated carbocycles. The van der Waals surface area contributed by atoms with E-state index in [0.717, 1.165) is 55.1 Å². The van der Waals surface area contributed by atoms with Gasteiger partial charge in [-0.15, -0.1) is 11.3 Å². The number of carbonyl (C=O) groups excluding carboxylic acids is 1. The van der Waals surface area contributed by atoms with Crippen LogP contribution in [0.2, 0.25) is 0 Å². The molecule has 0 radical (unpaired) electrons. The first-order valence-corrected chi connectivity index (χ1v) is 11.4. The number of rotatable bonds is 5. The minimum atomic E-state index is 0.147. The van der Waals surface area contributed by atoms with Crippen molar-refractivity contribution in [3.05, 3.63) is 52.5 Å². The molecule has 7 heteroatoms. The third kappa shape index (κ3) is 4.47. The summed E-state index contributed by atoms with van der Waals surface area (Å²) >= 11 is 1.78. The Kier molecular flexibility index (Phi) is 6.29. The van der Waals surface area contributed by atoms with E-state index in [1.165, 1.54) is 4.88 Å². The molecule has 1 fully saturated rings. The van der Waals surface area contributed by atoms with Gasteiger partial charge in [0, 0.05) is 49.4 Å². The molecule has 1 aromatic carbocycles. The summed E-state index contributed by atoms with van der Waals surface area (Å²) in [5.74, 6) is 1.97. The van der Waals surface area contributed by atoms with Gasteiger partial charge in [0.1, 0.15) is 11.6 Å². The van der Waals surface area contributed by atoms with Crippen LogP contribution in [0.15, 0.2) is 41.8 Å². The van der Waals surface area contributed by atoms with Crippen LogP contribution in [0.3, 0.4) is 0 Å². The van der Waals surface area contributed by atoms with Gasteiger partial charge >= 0.3 is 0 Å². The van der Waals surface area contributed by atoms with E-state index in [9.17, 15) is 4.79 Å². The molecule has 1 atom stereocenters. The second kappa shape index (κ2) is 9.10. The summed E-state index contributed by atoms with van der Waals surface area (Å²) in [7, 11) is 2.12. The first kappa shape index (κ1) is 20.8. The maximum atomic E-state index is 11.8. The molecule has 6 nitrogen and oxygen atoms in total. The van der Waals surface area contributed by atoms with E-state index in [2.05, 4.69) is 53.4 Å². The Hall–Kier alpha value is -2.51. The zero-order valence-electron chi connectivity index (χ0n) is 17.9. The van der Waals surface area contributed by atoms with Crippen LogP contribution in [0, 0.1) is 0 Å². The molecule has 2 aromatic heterocycles. The fraction of sp³-hybridized carbons (Fsp3) is 0.435. The first-order chi connectivity index (χ1) is 14.5. The second-order valence-electron chi connectivity index (χ2n) is 7.93. The number of amides is 1. The van der Waals surface area contributed by atoms with Gasteiger partial charge in [-0.2, -0.15) is 0 Å². The molecule has 0 bridgehead atoms. The minimum Gasteiger partial charge on any atom is -0.354 e. The van der Waals surface area contributed by atoms with Gasteiger partial charge in [-0.25, -0.2) is 9.97 Å². The molecular formula is C23H29N5OS. The van der Waals surface area contributed by atoms with Crippen LogP contribution in [-0.2, 0) is 11.3 Å². The Bertz CT molecular complexity index is 1010. The Balaban J connectivity index is 1.62.